The summed E-state index contributed by atoms with van der Waals surface area (Å²) in [7, 11) is 1.69. The molecule has 0 aromatic heterocycles. The van der Waals surface area contributed by atoms with Gasteiger partial charge in [0.25, 0.3) is 0 Å². The van der Waals surface area contributed by atoms with Crippen molar-refractivity contribution in [1.29, 1.82) is 0 Å². The second-order valence-electron chi connectivity index (χ2n) is 6.38. The van der Waals surface area contributed by atoms with Gasteiger partial charge in [0.05, 0.1) is 12.8 Å². The zero-order valence-electron chi connectivity index (χ0n) is 14.2. The van der Waals surface area contributed by atoms with Gasteiger partial charge in [-0.2, -0.15) is 0 Å². The molecule has 0 radical (unpaired) electrons. The predicted molar refractivity (Wildman–Crippen MR) is 106 cm³/mol. The molecule has 4 nitrogen and oxygen atoms in total. The van der Waals surface area contributed by atoms with Crippen molar-refractivity contribution in [2.75, 3.05) is 7.11 Å². The minimum atomic E-state index is -0.0440. The van der Waals surface area contributed by atoms with Gasteiger partial charge in [0.15, 0.2) is 0 Å². The lowest BCUT2D eigenvalue weighted by Gasteiger charge is -2.26. The number of rotatable bonds is 2. The zero-order valence-corrected chi connectivity index (χ0v) is 16.3. The molecule has 4 rings (SSSR count). The molecule has 0 saturated heterocycles. The Bertz CT molecular complexity index is 891. The first-order valence-corrected chi connectivity index (χ1v) is 9.38. The number of hydrazine groups is 1. The third kappa shape index (κ3) is 2.80. The number of nitrogens with one attached hydrogen (secondary N) is 1. The highest BCUT2D eigenvalue weighted by Crippen LogP contribution is 2.44. The van der Waals surface area contributed by atoms with E-state index in [1.807, 2.05) is 6.07 Å². The van der Waals surface area contributed by atoms with Crippen molar-refractivity contribution in [1.82, 2.24) is 10.4 Å². The second kappa shape index (κ2) is 6.37. The first kappa shape index (κ1) is 16.4. The van der Waals surface area contributed by atoms with Crippen molar-refractivity contribution in [3.63, 3.8) is 0 Å². The molecule has 5 heteroatoms. The third-order valence-corrected chi connectivity index (χ3v) is 5.56. The van der Waals surface area contributed by atoms with Crippen LogP contribution in [0.3, 0.4) is 0 Å². The molecule has 1 heterocycles. The van der Waals surface area contributed by atoms with E-state index in [2.05, 4.69) is 64.4 Å². The first-order chi connectivity index (χ1) is 12.1. The Hall–Kier alpha value is -2.02. The van der Waals surface area contributed by atoms with Crippen LogP contribution < -0.4 is 10.2 Å². The van der Waals surface area contributed by atoms with E-state index in [9.17, 15) is 4.79 Å². The lowest BCUT2D eigenvalue weighted by Crippen LogP contribution is -2.38. The highest BCUT2D eigenvalue weighted by atomic mass is 127. The van der Waals surface area contributed by atoms with Crippen molar-refractivity contribution >= 4 is 34.2 Å². The Morgan fingerprint density at radius 2 is 2.08 bits per heavy atom. The maximum Gasteiger partial charge on any atom is 0.238 e. The summed E-state index contributed by atoms with van der Waals surface area (Å²) in [6.07, 6.45) is 1.89. The van der Waals surface area contributed by atoms with Crippen molar-refractivity contribution in [2.45, 2.75) is 25.8 Å². The number of aryl methyl sites for hydroxylation is 1. The molecule has 0 spiro atoms. The van der Waals surface area contributed by atoms with Gasteiger partial charge in [-0.05, 0) is 82.5 Å². The van der Waals surface area contributed by atoms with Gasteiger partial charge in [-0.25, -0.2) is 5.01 Å². The van der Waals surface area contributed by atoms with E-state index >= 15 is 0 Å². The third-order valence-electron chi connectivity index (χ3n) is 4.89. The number of nitrogens with zero attached hydrogens (tertiary/aromatic N) is 1. The van der Waals surface area contributed by atoms with E-state index in [-0.39, 0.29) is 11.9 Å². The monoisotopic (exact) mass is 446 g/mol. The van der Waals surface area contributed by atoms with Gasteiger partial charge in [0.1, 0.15) is 11.8 Å². The zero-order chi connectivity index (χ0) is 17.6. The van der Waals surface area contributed by atoms with Crippen LogP contribution in [0.4, 0.5) is 0 Å². The smallest absolute Gasteiger partial charge is 0.238 e. The molecule has 1 aliphatic carbocycles. The minimum Gasteiger partial charge on any atom is -0.497 e. The van der Waals surface area contributed by atoms with Crippen molar-refractivity contribution in [3.05, 3.63) is 68.3 Å². The van der Waals surface area contributed by atoms with Crippen molar-refractivity contribution in [2.24, 2.45) is 0 Å². The predicted octanol–water partition coefficient (Wildman–Crippen LogP) is 4.07. The molecule has 128 valence electrons. The van der Waals surface area contributed by atoms with E-state index < -0.39 is 0 Å². The Kier molecular flexibility index (Phi) is 4.19. The minimum absolute atomic E-state index is 0.0216. The van der Waals surface area contributed by atoms with Gasteiger partial charge in [0, 0.05) is 16.1 Å². The van der Waals surface area contributed by atoms with Gasteiger partial charge < -0.3 is 4.74 Å². The lowest BCUT2D eigenvalue weighted by atomic mass is 9.85. The van der Waals surface area contributed by atoms with Gasteiger partial charge >= 0.3 is 0 Å². The fourth-order valence-corrected chi connectivity index (χ4v) is 4.32. The number of halogens is 1. The average Bonchev–Trinajstić information content (AvgIpc) is 3.01. The number of carbonyl (C=O) groups excluding carboxylic acids is 1. The summed E-state index contributed by atoms with van der Waals surface area (Å²) in [5.74, 6) is 0.895. The van der Waals surface area contributed by atoms with Crippen LogP contribution in [0.2, 0.25) is 0 Å². The first-order valence-electron chi connectivity index (χ1n) is 8.30. The highest BCUT2D eigenvalue weighted by Gasteiger charge is 2.38. The quantitative estimate of drug-likeness (QED) is 0.708. The van der Waals surface area contributed by atoms with Gasteiger partial charge in [-0.3, -0.25) is 10.2 Å². The summed E-state index contributed by atoms with van der Waals surface area (Å²) in [5.41, 5.74) is 9.31. The molecule has 1 amide bonds. The van der Waals surface area contributed by atoms with Crippen LogP contribution in [-0.4, -0.2) is 18.0 Å². The summed E-state index contributed by atoms with van der Waals surface area (Å²) >= 11 is 2.32. The van der Waals surface area contributed by atoms with E-state index in [1.54, 1.807) is 19.0 Å². The van der Waals surface area contributed by atoms with Crippen molar-refractivity contribution < 1.29 is 9.53 Å². The normalized spacial score (nSPS) is 18.5. The van der Waals surface area contributed by atoms with Crippen LogP contribution in [0.15, 0.2) is 48.0 Å². The van der Waals surface area contributed by atoms with E-state index in [0.717, 1.165) is 29.9 Å². The topological polar surface area (TPSA) is 41.6 Å². The Labute approximate surface area is 161 Å². The molecule has 0 unspecified atom stereocenters. The molecule has 25 heavy (non-hydrogen) atoms. The molecule has 2 aromatic rings. The van der Waals surface area contributed by atoms with Gasteiger partial charge in [-0.15, -0.1) is 0 Å². The van der Waals surface area contributed by atoms with E-state index in [0.29, 0.717) is 0 Å². The molecular formula is C20H19IN2O2. The SMILES string of the molecule is COc1ccc2c(c1)CCC1=C2NN(C(C)=O)[C@H]1c1cccc(I)c1. The van der Waals surface area contributed by atoms with Crippen LogP contribution >= 0.6 is 22.6 Å². The Morgan fingerprint density at radius 3 is 2.80 bits per heavy atom. The Morgan fingerprint density at radius 1 is 1.24 bits per heavy atom. The summed E-state index contributed by atoms with van der Waals surface area (Å²) in [6, 6.07) is 14.5. The van der Waals surface area contributed by atoms with E-state index in [4.69, 9.17) is 4.74 Å². The van der Waals surface area contributed by atoms with Crippen LogP contribution in [0.25, 0.3) is 5.70 Å². The molecule has 0 saturated carbocycles. The number of fused-ring (bicyclic) bond motifs is 2. The number of amides is 1. The molecule has 1 atom stereocenters. The van der Waals surface area contributed by atoms with Crippen LogP contribution in [0.1, 0.15) is 36.1 Å². The standard InChI is InChI=1S/C20H19IN2O2/c1-12(24)23-20(14-4-3-5-15(21)10-14)18-8-6-13-11-16(25-2)7-9-17(13)19(18)22-23/h3-5,7,9-11,20,22H,6,8H2,1-2H3/t20-/m0/s1. The number of hydrogen-bond acceptors (Lipinski definition) is 3. The number of carbonyl (C=O) groups is 1. The molecule has 2 aromatic carbocycles. The molecule has 0 fully saturated rings. The largest absolute Gasteiger partial charge is 0.497 e. The maximum absolute atomic E-state index is 12.3. The van der Waals surface area contributed by atoms with Crippen molar-refractivity contribution in [3.8, 4) is 5.75 Å². The molecule has 1 N–H and O–H groups in total. The van der Waals surface area contributed by atoms with Gasteiger partial charge in [-0.1, -0.05) is 12.1 Å². The summed E-state index contributed by atoms with van der Waals surface area (Å²) in [6.45, 7) is 1.61. The number of ether oxygens (including phenoxy) is 1. The Balaban J connectivity index is 1.83. The van der Waals surface area contributed by atoms with Crippen LogP contribution in [0, 0.1) is 3.57 Å². The molecular weight excluding hydrogens is 427 g/mol. The second-order valence-corrected chi connectivity index (χ2v) is 7.63. The van der Waals surface area contributed by atoms with Crippen LogP contribution in [0.5, 0.6) is 5.75 Å². The average molecular weight is 446 g/mol. The summed E-state index contributed by atoms with van der Waals surface area (Å²) in [5, 5.41) is 1.76. The lowest BCUT2D eigenvalue weighted by molar-refractivity contribution is -0.132. The summed E-state index contributed by atoms with van der Waals surface area (Å²) in [4.78, 5) is 12.3. The summed E-state index contributed by atoms with van der Waals surface area (Å²) < 4.78 is 6.53. The maximum atomic E-state index is 12.3. The number of benzene rings is 2. The molecule has 1 aliphatic heterocycles. The van der Waals surface area contributed by atoms with Crippen LogP contribution in [-0.2, 0) is 11.2 Å². The number of methoxy groups -OCH3 is 1. The van der Waals surface area contributed by atoms with Gasteiger partial charge in [0.2, 0.25) is 5.91 Å². The number of hydrogen-bond donors (Lipinski definition) is 1. The molecule has 0 bridgehead atoms. The molecule has 2 aliphatic rings. The highest BCUT2D eigenvalue weighted by molar-refractivity contribution is 14.1. The van der Waals surface area contributed by atoms with E-state index in [1.165, 1.54) is 20.3 Å². The fraction of sp³-hybridized carbons (Fsp3) is 0.250. The fourth-order valence-electron chi connectivity index (χ4n) is 3.75.